The van der Waals surface area contributed by atoms with Crippen molar-refractivity contribution in [2.75, 3.05) is 11.1 Å². The third kappa shape index (κ3) is 3.46. The second-order valence-electron chi connectivity index (χ2n) is 5.74. The number of nitrogens with zero attached hydrogens (tertiary/aromatic N) is 1. The molecule has 0 aliphatic carbocycles. The van der Waals surface area contributed by atoms with Crippen molar-refractivity contribution in [2.24, 2.45) is 0 Å². The SMILES string of the molecule is Cc1cc(C)cc(NC(=O)CS(=O)(=O)c2nc3ccccc3[nH]2)c1. The summed E-state index contributed by atoms with van der Waals surface area (Å²) in [6.07, 6.45) is 0. The number of aromatic amines is 1. The molecule has 0 unspecified atom stereocenters. The molecule has 0 bridgehead atoms. The number of H-pyrrole nitrogens is 1. The lowest BCUT2D eigenvalue weighted by molar-refractivity contribution is -0.113. The summed E-state index contributed by atoms with van der Waals surface area (Å²) in [5.41, 5.74) is 3.73. The van der Waals surface area contributed by atoms with E-state index in [0.29, 0.717) is 16.7 Å². The molecule has 3 aromatic rings. The van der Waals surface area contributed by atoms with E-state index in [1.807, 2.05) is 19.9 Å². The van der Waals surface area contributed by atoms with E-state index in [1.54, 1.807) is 36.4 Å². The maximum Gasteiger partial charge on any atom is 0.240 e. The Morgan fingerprint density at radius 3 is 2.46 bits per heavy atom. The zero-order chi connectivity index (χ0) is 17.3. The molecule has 124 valence electrons. The number of aryl methyl sites for hydroxylation is 2. The van der Waals surface area contributed by atoms with Gasteiger partial charge < -0.3 is 10.3 Å². The highest BCUT2D eigenvalue weighted by Crippen LogP contribution is 2.16. The van der Waals surface area contributed by atoms with Crippen molar-refractivity contribution >= 4 is 32.5 Å². The quantitative estimate of drug-likeness (QED) is 0.761. The van der Waals surface area contributed by atoms with Gasteiger partial charge in [0.2, 0.25) is 20.9 Å². The smallest absolute Gasteiger partial charge is 0.240 e. The standard InChI is InChI=1S/C17H17N3O3S/c1-11-7-12(2)9-13(8-11)18-16(21)10-24(22,23)17-19-14-5-3-4-6-15(14)20-17/h3-9H,10H2,1-2H3,(H,18,21)(H,19,20). The highest BCUT2D eigenvalue weighted by Gasteiger charge is 2.23. The second kappa shape index (κ2) is 6.09. The van der Waals surface area contributed by atoms with Crippen LogP contribution < -0.4 is 5.32 Å². The molecule has 1 heterocycles. The fourth-order valence-electron chi connectivity index (χ4n) is 2.56. The fraction of sp³-hybridized carbons (Fsp3) is 0.176. The molecule has 0 saturated carbocycles. The van der Waals surface area contributed by atoms with Crippen molar-refractivity contribution in [1.29, 1.82) is 0 Å². The first kappa shape index (κ1) is 16.2. The molecule has 1 amide bonds. The van der Waals surface area contributed by atoms with Crippen LogP contribution in [-0.4, -0.2) is 30.0 Å². The predicted octanol–water partition coefficient (Wildman–Crippen LogP) is 2.59. The lowest BCUT2D eigenvalue weighted by Gasteiger charge is -2.07. The van der Waals surface area contributed by atoms with Gasteiger partial charge in [-0.15, -0.1) is 0 Å². The minimum atomic E-state index is -3.84. The van der Waals surface area contributed by atoms with Gasteiger partial charge in [0, 0.05) is 5.69 Å². The average molecular weight is 343 g/mol. The highest BCUT2D eigenvalue weighted by atomic mass is 32.2. The van der Waals surface area contributed by atoms with Crippen LogP contribution in [0.3, 0.4) is 0 Å². The Kier molecular flexibility index (Phi) is 4.11. The summed E-state index contributed by atoms with van der Waals surface area (Å²) < 4.78 is 24.8. The highest BCUT2D eigenvalue weighted by molar-refractivity contribution is 7.92. The van der Waals surface area contributed by atoms with E-state index >= 15 is 0 Å². The number of hydrogen-bond donors (Lipinski definition) is 2. The van der Waals surface area contributed by atoms with Gasteiger partial charge in [-0.2, -0.15) is 0 Å². The van der Waals surface area contributed by atoms with Gasteiger partial charge in [-0.05, 0) is 49.2 Å². The number of benzene rings is 2. The number of carbonyl (C=O) groups is 1. The number of sulfone groups is 1. The molecule has 0 saturated heterocycles. The molecule has 0 fully saturated rings. The third-order valence-corrected chi connectivity index (χ3v) is 4.91. The molecule has 0 spiro atoms. The van der Waals surface area contributed by atoms with Crippen LogP contribution in [0.1, 0.15) is 11.1 Å². The predicted molar refractivity (Wildman–Crippen MR) is 92.7 cm³/mol. The van der Waals surface area contributed by atoms with Gasteiger partial charge in [-0.25, -0.2) is 13.4 Å². The lowest BCUT2D eigenvalue weighted by Crippen LogP contribution is -2.23. The first-order valence-electron chi connectivity index (χ1n) is 7.39. The van der Waals surface area contributed by atoms with E-state index in [1.165, 1.54) is 0 Å². The number of imidazole rings is 1. The van der Waals surface area contributed by atoms with Gasteiger partial charge in [0.05, 0.1) is 11.0 Å². The van der Waals surface area contributed by atoms with E-state index in [4.69, 9.17) is 0 Å². The van der Waals surface area contributed by atoms with Crippen molar-refractivity contribution < 1.29 is 13.2 Å². The number of para-hydroxylation sites is 2. The van der Waals surface area contributed by atoms with Crippen molar-refractivity contribution in [3.05, 3.63) is 53.6 Å². The van der Waals surface area contributed by atoms with Crippen molar-refractivity contribution in [3.63, 3.8) is 0 Å². The van der Waals surface area contributed by atoms with Crippen molar-refractivity contribution in [3.8, 4) is 0 Å². The normalized spacial score (nSPS) is 11.6. The number of nitrogens with one attached hydrogen (secondary N) is 2. The Morgan fingerprint density at radius 2 is 1.79 bits per heavy atom. The van der Waals surface area contributed by atoms with Crippen LogP contribution in [-0.2, 0) is 14.6 Å². The molecule has 0 aliphatic heterocycles. The zero-order valence-corrected chi connectivity index (χ0v) is 14.1. The van der Waals surface area contributed by atoms with E-state index in [0.717, 1.165) is 11.1 Å². The Bertz CT molecular complexity index is 969. The number of fused-ring (bicyclic) bond motifs is 1. The number of hydrogen-bond acceptors (Lipinski definition) is 4. The van der Waals surface area contributed by atoms with Crippen LogP contribution in [0.2, 0.25) is 0 Å². The van der Waals surface area contributed by atoms with E-state index in [-0.39, 0.29) is 5.16 Å². The summed E-state index contributed by atoms with van der Waals surface area (Å²) in [6.45, 7) is 3.82. The molecule has 0 radical (unpaired) electrons. The van der Waals surface area contributed by atoms with Crippen LogP contribution in [0.15, 0.2) is 47.6 Å². The summed E-state index contributed by atoms with van der Waals surface area (Å²) in [4.78, 5) is 18.9. The molecule has 2 aromatic carbocycles. The molecule has 7 heteroatoms. The average Bonchev–Trinajstić information content (AvgIpc) is 2.90. The van der Waals surface area contributed by atoms with Crippen LogP contribution in [0.4, 0.5) is 5.69 Å². The molecule has 1 aromatic heterocycles. The topological polar surface area (TPSA) is 91.9 Å². The Balaban J connectivity index is 1.79. The summed E-state index contributed by atoms with van der Waals surface area (Å²) in [5.74, 6) is -1.26. The largest absolute Gasteiger partial charge is 0.329 e. The van der Waals surface area contributed by atoms with Gasteiger partial charge in [-0.1, -0.05) is 18.2 Å². The molecular weight excluding hydrogens is 326 g/mol. The van der Waals surface area contributed by atoms with Crippen molar-refractivity contribution in [1.82, 2.24) is 9.97 Å². The Morgan fingerprint density at radius 1 is 1.12 bits per heavy atom. The summed E-state index contributed by atoms with van der Waals surface area (Å²) in [7, 11) is -3.84. The number of anilines is 1. The molecule has 3 rings (SSSR count). The van der Waals surface area contributed by atoms with Crippen LogP contribution in [0, 0.1) is 13.8 Å². The minimum absolute atomic E-state index is 0.195. The van der Waals surface area contributed by atoms with Crippen molar-refractivity contribution in [2.45, 2.75) is 19.0 Å². The molecule has 24 heavy (non-hydrogen) atoms. The first-order valence-corrected chi connectivity index (χ1v) is 9.04. The van der Waals surface area contributed by atoms with Crippen LogP contribution in [0.5, 0.6) is 0 Å². The van der Waals surface area contributed by atoms with Crippen LogP contribution >= 0.6 is 0 Å². The molecular formula is C17H17N3O3S. The minimum Gasteiger partial charge on any atom is -0.329 e. The van der Waals surface area contributed by atoms with Gasteiger partial charge in [0.25, 0.3) is 0 Å². The second-order valence-corrected chi connectivity index (χ2v) is 7.65. The molecule has 0 atom stereocenters. The van der Waals surface area contributed by atoms with E-state index in [2.05, 4.69) is 15.3 Å². The summed E-state index contributed by atoms with van der Waals surface area (Å²) in [6, 6.07) is 12.5. The van der Waals surface area contributed by atoms with E-state index < -0.39 is 21.5 Å². The van der Waals surface area contributed by atoms with Gasteiger partial charge in [-0.3, -0.25) is 4.79 Å². The Hall–Kier alpha value is -2.67. The molecule has 6 nitrogen and oxygen atoms in total. The number of amides is 1. The maximum atomic E-state index is 12.4. The Labute approximate surface area is 139 Å². The third-order valence-electron chi connectivity index (χ3n) is 3.49. The van der Waals surface area contributed by atoms with Gasteiger partial charge >= 0.3 is 0 Å². The van der Waals surface area contributed by atoms with Gasteiger partial charge in [0.1, 0.15) is 5.75 Å². The van der Waals surface area contributed by atoms with Crippen LogP contribution in [0.25, 0.3) is 11.0 Å². The zero-order valence-electron chi connectivity index (χ0n) is 13.3. The number of rotatable bonds is 4. The maximum absolute atomic E-state index is 12.4. The van der Waals surface area contributed by atoms with E-state index in [9.17, 15) is 13.2 Å². The number of carbonyl (C=O) groups excluding carboxylic acids is 1. The molecule has 2 N–H and O–H groups in total. The molecule has 0 aliphatic rings. The fourth-order valence-corrected chi connectivity index (χ4v) is 3.62. The number of aromatic nitrogens is 2. The van der Waals surface area contributed by atoms with Gasteiger partial charge in [0.15, 0.2) is 0 Å². The monoisotopic (exact) mass is 343 g/mol. The summed E-state index contributed by atoms with van der Waals surface area (Å²) in [5, 5.41) is 2.43. The first-order chi connectivity index (χ1) is 11.3. The summed E-state index contributed by atoms with van der Waals surface area (Å²) >= 11 is 0. The lowest BCUT2D eigenvalue weighted by atomic mass is 10.1.